The second kappa shape index (κ2) is 7.47. The van der Waals surface area contributed by atoms with E-state index in [0.29, 0.717) is 11.7 Å². The first-order valence-electron chi connectivity index (χ1n) is 8.76. The van der Waals surface area contributed by atoms with Crippen LogP contribution in [-0.2, 0) is 22.4 Å². The Morgan fingerprint density at radius 2 is 2.24 bits per heavy atom. The zero-order chi connectivity index (χ0) is 17.2. The minimum absolute atomic E-state index is 0.0614. The Kier molecular flexibility index (Phi) is 5.10. The fraction of sp³-hybridized carbons (Fsp3) is 0.588. The standard InChI is InChI=1S/C17H21N3O3S2/c21-13(18-8-10-4-3-7-23-10)9-24-17-19-15(22)14-11-5-1-2-6-12(11)25-16(14)20-17/h10H,1-9H2,(H,18,21)(H,19,20,22)/t10-/m1/s1. The number of aryl methyl sites for hydroxylation is 2. The summed E-state index contributed by atoms with van der Waals surface area (Å²) in [5.74, 6) is 0.181. The van der Waals surface area contributed by atoms with Crippen LogP contribution >= 0.6 is 23.1 Å². The van der Waals surface area contributed by atoms with Crippen molar-refractivity contribution in [3.05, 3.63) is 20.8 Å². The summed E-state index contributed by atoms with van der Waals surface area (Å²) in [6.07, 6.45) is 6.54. The average Bonchev–Trinajstić information content (AvgIpc) is 3.25. The highest BCUT2D eigenvalue weighted by Gasteiger charge is 2.20. The normalized spacial score (nSPS) is 19.9. The number of amides is 1. The third-order valence-corrected chi connectivity index (χ3v) is 6.75. The van der Waals surface area contributed by atoms with E-state index in [0.717, 1.165) is 48.9 Å². The number of carbonyl (C=O) groups is 1. The Morgan fingerprint density at radius 3 is 3.08 bits per heavy atom. The first kappa shape index (κ1) is 17.1. The van der Waals surface area contributed by atoms with Crippen molar-refractivity contribution in [1.82, 2.24) is 15.3 Å². The average molecular weight is 380 g/mol. The van der Waals surface area contributed by atoms with Crippen LogP contribution in [0.5, 0.6) is 0 Å². The number of thiophene rings is 1. The maximum atomic E-state index is 12.5. The number of aromatic amines is 1. The molecule has 1 fully saturated rings. The zero-order valence-corrected chi connectivity index (χ0v) is 15.6. The van der Waals surface area contributed by atoms with Gasteiger partial charge in [-0.1, -0.05) is 11.8 Å². The molecule has 0 radical (unpaired) electrons. The van der Waals surface area contributed by atoms with Crippen LogP contribution in [0.15, 0.2) is 9.95 Å². The lowest BCUT2D eigenvalue weighted by Crippen LogP contribution is -2.33. The molecule has 0 aromatic carbocycles. The lowest BCUT2D eigenvalue weighted by Gasteiger charge is -2.10. The Labute approximate surface area is 153 Å². The first-order valence-corrected chi connectivity index (χ1v) is 10.6. The number of aromatic nitrogens is 2. The highest BCUT2D eigenvalue weighted by molar-refractivity contribution is 7.99. The van der Waals surface area contributed by atoms with Crippen LogP contribution < -0.4 is 10.9 Å². The molecule has 0 saturated carbocycles. The number of H-pyrrole nitrogens is 1. The van der Waals surface area contributed by atoms with Gasteiger partial charge in [0.15, 0.2) is 5.16 Å². The molecule has 2 aromatic heterocycles. The second-order valence-electron chi connectivity index (χ2n) is 6.49. The number of thioether (sulfide) groups is 1. The van der Waals surface area contributed by atoms with Crippen molar-refractivity contribution in [2.24, 2.45) is 0 Å². The summed E-state index contributed by atoms with van der Waals surface area (Å²) in [5.41, 5.74) is 1.11. The molecule has 0 bridgehead atoms. The van der Waals surface area contributed by atoms with Crippen LogP contribution in [0.25, 0.3) is 10.2 Å². The molecule has 2 aromatic rings. The van der Waals surface area contributed by atoms with Gasteiger partial charge in [-0.2, -0.15) is 0 Å². The number of hydrogen-bond donors (Lipinski definition) is 2. The second-order valence-corrected chi connectivity index (χ2v) is 8.54. The molecule has 1 atom stereocenters. The van der Waals surface area contributed by atoms with E-state index in [-0.39, 0.29) is 23.3 Å². The summed E-state index contributed by atoms with van der Waals surface area (Å²) in [4.78, 5) is 33.9. The summed E-state index contributed by atoms with van der Waals surface area (Å²) in [6, 6.07) is 0. The van der Waals surface area contributed by atoms with Gasteiger partial charge in [0.05, 0.1) is 17.2 Å². The Hall–Kier alpha value is -1.38. The van der Waals surface area contributed by atoms with Gasteiger partial charge < -0.3 is 15.0 Å². The van der Waals surface area contributed by atoms with E-state index in [1.165, 1.54) is 28.6 Å². The van der Waals surface area contributed by atoms with Crippen LogP contribution in [-0.4, -0.2) is 40.9 Å². The Bertz CT molecular complexity index is 840. The lowest BCUT2D eigenvalue weighted by molar-refractivity contribution is -0.119. The van der Waals surface area contributed by atoms with Crippen LogP contribution in [0.1, 0.15) is 36.1 Å². The molecule has 6 nitrogen and oxygen atoms in total. The molecule has 1 saturated heterocycles. The van der Waals surface area contributed by atoms with Crippen molar-refractivity contribution < 1.29 is 9.53 Å². The van der Waals surface area contributed by atoms with Crippen molar-refractivity contribution in [1.29, 1.82) is 0 Å². The summed E-state index contributed by atoms with van der Waals surface area (Å²) in [5, 5.41) is 4.16. The van der Waals surface area contributed by atoms with E-state index in [4.69, 9.17) is 4.74 Å². The largest absolute Gasteiger partial charge is 0.376 e. The van der Waals surface area contributed by atoms with Crippen molar-refractivity contribution in [2.75, 3.05) is 18.9 Å². The van der Waals surface area contributed by atoms with Crippen molar-refractivity contribution >= 4 is 39.2 Å². The molecule has 1 aliphatic carbocycles. The minimum Gasteiger partial charge on any atom is -0.376 e. The van der Waals surface area contributed by atoms with Gasteiger partial charge in [0.2, 0.25) is 5.91 Å². The number of rotatable bonds is 5. The van der Waals surface area contributed by atoms with Gasteiger partial charge in [-0.25, -0.2) is 4.98 Å². The number of hydrogen-bond acceptors (Lipinski definition) is 6. The van der Waals surface area contributed by atoms with E-state index in [9.17, 15) is 9.59 Å². The van der Waals surface area contributed by atoms with E-state index >= 15 is 0 Å². The highest BCUT2D eigenvalue weighted by atomic mass is 32.2. The number of carbonyl (C=O) groups excluding carboxylic acids is 1. The predicted octanol–water partition coefficient (Wildman–Crippen LogP) is 2.25. The molecule has 8 heteroatoms. The van der Waals surface area contributed by atoms with Gasteiger partial charge in [0.25, 0.3) is 5.56 Å². The summed E-state index contributed by atoms with van der Waals surface area (Å²) in [7, 11) is 0. The van der Waals surface area contributed by atoms with E-state index in [2.05, 4.69) is 15.3 Å². The monoisotopic (exact) mass is 379 g/mol. The van der Waals surface area contributed by atoms with Crippen LogP contribution in [0.2, 0.25) is 0 Å². The zero-order valence-electron chi connectivity index (χ0n) is 13.9. The molecular formula is C17H21N3O3S2. The van der Waals surface area contributed by atoms with Crippen molar-refractivity contribution in [3.63, 3.8) is 0 Å². The van der Waals surface area contributed by atoms with E-state index in [1.54, 1.807) is 11.3 Å². The highest BCUT2D eigenvalue weighted by Crippen LogP contribution is 2.34. The molecular weight excluding hydrogens is 358 g/mol. The van der Waals surface area contributed by atoms with E-state index < -0.39 is 0 Å². The fourth-order valence-electron chi connectivity index (χ4n) is 3.43. The lowest BCUT2D eigenvalue weighted by atomic mass is 9.97. The number of nitrogens with one attached hydrogen (secondary N) is 2. The van der Waals surface area contributed by atoms with Crippen molar-refractivity contribution in [2.45, 2.75) is 49.8 Å². The van der Waals surface area contributed by atoms with Crippen LogP contribution in [0, 0.1) is 0 Å². The molecule has 2 N–H and O–H groups in total. The fourth-order valence-corrected chi connectivity index (χ4v) is 5.44. The smallest absolute Gasteiger partial charge is 0.260 e. The van der Waals surface area contributed by atoms with Crippen LogP contribution in [0.3, 0.4) is 0 Å². The minimum atomic E-state index is -0.0772. The third kappa shape index (κ3) is 3.75. The molecule has 2 aliphatic rings. The Morgan fingerprint density at radius 1 is 1.36 bits per heavy atom. The number of ether oxygens (including phenoxy) is 1. The summed E-state index contributed by atoms with van der Waals surface area (Å²) >= 11 is 2.90. The molecule has 1 aliphatic heterocycles. The van der Waals surface area contributed by atoms with Crippen molar-refractivity contribution in [3.8, 4) is 0 Å². The van der Waals surface area contributed by atoms with Gasteiger partial charge in [-0.05, 0) is 44.1 Å². The molecule has 0 spiro atoms. The summed E-state index contributed by atoms with van der Waals surface area (Å²) in [6.45, 7) is 1.34. The van der Waals surface area contributed by atoms with Crippen LogP contribution in [0.4, 0.5) is 0 Å². The Balaban J connectivity index is 1.41. The van der Waals surface area contributed by atoms with Gasteiger partial charge in [0, 0.05) is 18.0 Å². The molecule has 25 heavy (non-hydrogen) atoms. The third-order valence-electron chi connectivity index (χ3n) is 4.69. The number of nitrogens with zero attached hydrogens (tertiary/aromatic N) is 1. The SMILES string of the molecule is O=C(CSc1nc2sc3c(c2c(=O)[nH]1)CCCC3)NC[C@H]1CCCO1. The number of fused-ring (bicyclic) bond motifs is 3. The van der Waals surface area contributed by atoms with Gasteiger partial charge in [0.1, 0.15) is 4.83 Å². The maximum Gasteiger partial charge on any atom is 0.260 e. The molecule has 134 valence electrons. The predicted molar refractivity (Wildman–Crippen MR) is 99.6 cm³/mol. The first-order chi connectivity index (χ1) is 12.2. The van der Waals surface area contributed by atoms with Gasteiger partial charge in [-0.15, -0.1) is 11.3 Å². The topological polar surface area (TPSA) is 84.1 Å². The molecule has 0 unspecified atom stereocenters. The van der Waals surface area contributed by atoms with Gasteiger partial charge in [-0.3, -0.25) is 9.59 Å². The summed E-state index contributed by atoms with van der Waals surface area (Å²) < 4.78 is 5.49. The molecule has 4 rings (SSSR count). The molecule has 3 heterocycles. The van der Waals surface area contributed by atoms with Gasteiger partial charge >= 0.3 is 0 Å². The maximum absolute atomic E-state index is 12.5. The molecule has 1 amide bonds. The van der Waals surface area contributed by atoms with E-state index in [1.807, 2.05) is 0 Å². The quantitative estimate of drug-likeness (QED) is 0.615.